The Balaban J connectivity index is 2.33. The Kier molecular flexibility index (Phi) is 3.99. The minimum Gasteiger partial charge on any atom is -0.464 e. The Labute approximate surface area is 121 Å². The van der Waals surface area contributed by atoms with Gasteiger partial charge in [-0.1, -0.05) is 11.6 Å². The molecule has 0 spiro atoms. The number of rotatable bonds is 4. The molecule has 108 valence electrons. The minimum absolute atomic E-state index is 0.0999. The molecule has 2 rings (SSSR count). The molecule has 20 heavy (non-hydrogen) atoms. The average molecular weight is 298 g/mol. The number of ether oxygens (including phenoxy) is 1. The van der Waals surface area contributed by atoms with Gasteiger partial charge in [0.1, 0.15) is 0 Å². The lowest BCUT2D eigenvalue weighted by atomic mass is 10.3. The molecule has 2 aromatic rings. The molecule has 0 bridgehead atoms. The van der Waals surface area contributed by atoms with E-state index in [-0.39, 0.29) is 11.4 Å². The number of carbonyl (C=O) groups excluding carboxylic acids is 1. The summed E-state index contributed by atoms with van der Waals surface area (Å²) in [5, 5.41) is 9.04. The first-order chi connectivity index (χ1) is 9.47. The Hall–Kier alpha value is -2.02. The first-order valence-corrected chi connectivity index (χ1v) is 6.48. The van der Waals surface area contributed by atoms with Crippen molar-refractivity contribution in [1.29, 1.82) is 0 Å². The molecule has 7 nitrogen and oxygen atoms in total. The van der Waals surface area contributed by atoms with Gasteiger partial charge >= 0.3 is 5.97 Å². The fourth-order valence-electron chi connectivity index (χ4n) is 1.95. The summed E-state index contributed by atoms with van der Waals surface area (Å²) in [7, 11) is 1.28. The van der Waals surface area contributed by atoms with Crippen LogP contribution in [0.3, 0.4) is 0 Å². The van der Waals surface area contributed by atoms with Crippen LogP contribution in [0.25, 0.3) is 0 Å². The van der Waals surface area contributed by atoms with Gasteiger partial charge < -0.3 is 10.5 Å². The van der Waals surface area contributed by atoms with Gasteiger partial charge in [0.05, 0.1) is 35.8 Å². The number of aromatic nitrogens is 4. The van der Waals surface area contributed by atoms with Gasteiger partial charge in [-0.05, 0) is 13.8 Å². The summed E-state index contributed by atoms with van der Waals surface area (Å²) >= 11 is 6.23. The van der Waals surface area contributed by atoms with Gasteiger partial charge in [0.2, 0.25) is 0 Å². The van der Waals surface area contributed by atoms with Crippen molar-refractivity contribution in [2.75, 3.05) is 12.8 Å². The zero-order chi connectivity index (χ0) is 14.9. The van der Waals surface area contributed by atoms with Crippen LogP contribution in [-0.2, 0) is 17.8 Å². The molecular weight excluding hydrogens is 282 g/mol. The first kappa shape index (κ1) is 14.4. The second kappa shape index (κ2) is 5.54. The smallest absolute Gasteiger partial charge is 0.360 e. The fourth-order valence-corrected chi connectivity index (χ4v) is 2.14. The van der Waals surface area contributed by atoms with E-state index in [0.29, 0.717) is 18.1 Å². The summed E-state index contributed by atoms with van der Waals surface area (Å²) < 4.78 is 7.97. The second-order valence-electron chi connectivity index (χ2n) is 4.28. The van der Waals surface area contributed by atoms with Crippen LogP contribution >= 0.6 is 11.6 Å². The number of nitrogens with zero attached hydrogens (tertiary/aromatic N) is 4. The number of carbonyl (C=O) groups is 1. The number of aryl methyl sites for hydroxylation is 2. The summed E-state index contributed by atoms with van der Waals surface area (Å²) in [4.78, 5) is 11.5. The highest BCUT2D eigenvalue weighted by Crippen LogP contribution is 2.22. The van der Waals surface area contributed by atoms with Crippen molar-refractivity contribution in [2.45, 2.75) is 26.9 Å². The number of nitrogen functional groups attached to an aromatic ring is 1. The molecule has 0 fully saturated rings. The molecule has 0 aliphatic heterocycles. The second-order valence-corrected chi connectivity index (χ2v) is 4.66. The lowest BCUT2D eigenvalue weighted by Crippen LogP contribution is -2.10. The van der Waals surface area contributed by atoms with E-state index in [1.807, 2.05) is 13.8 Å². The number of anilines is 1. The average Bonchev–Trinajstić information content (AvgIpc) is 2.93. The highest BCUT2D eigenvalue weighted by Gasteiger charge is 2.18. The van der Waals surface area contributed by atoms with E-state index in [1.54, 1.807) is 15.6 Å². The van der Waals surface area contributed by atoms with Crippen LogP contribution in [-0.4, -0.2) is 32.6 Å². The molecule has 0 atom stereocenters. The van der Waals surface area contributed by atoms with Gasteiger partial charge in [-0.25, -0.2) is 4.79 Å². The largest absolute Gasteiger partial charge is 0.464 e. The molecule has 8 heteroatoms. The summed E-state index contributed by atoms with van der Waals surface area (Å²) in [6.45, 7) is 4.90. The maximum Gasteiger partial charge on any atom is 0.360 e. The number of hydrogen-bond acceptors (Lipinski definition) is 5. The van der Waals surface area contributed by atoms with Crippen LogP contribution in [0.15, 0.2) is 6.20 Å². The molecule has 0 aromatic carbocycles. The molecule has 2 N–H and O–H groups in total. The summed E-state index contributed by atoms with van der Waals surface area (Å²) in [5.41, 5.74) is 7.70. The zero-order valence-electron chi connectivity index (χ0n) is 11.6. The Morgan fingerprint density at radius 2 is 2.20 bits per heavy atom. The highest BCUT2D eigenvalue weighted by atomic mass is 35.5. The number of methoxy groups -OCH3 is 1. The molecule has 0 radical (unpaired) electrons. The van der Waals surface area contributed by atoms with Crippen molar-refractivity contribution < 1.29 is 9.53 Å². The maximum absolute atomic E-state index is 11.5. The van der Waals surface area contributed by atoms with Crippen LogP contribution in [0.2, 0.25) is 5.02 Å². The number of nitrogens with two attached hydrogens (primary N) is 1. The molecule has 0 saturated heterocycles. The third kappa shape index (κ3) is 2.49. The number of esters is 1. The van der Waals surface area contributed by atoms with Crippen molar-refractivity contribution >= 4 is 23.3 Å². The molecule has 0 amide bonds. The van der Waals surface area contributed by atoms with Crippen molar-refractivity contribution in [3.05, 3.63) is 28.3 Å². The summed E-state index contributed by atoms with van der Waals surface area (Å²) in [6, 6.07) is 0. The fraction of sp³-hybridized carbons (Fsp3) is 0.417. The van der Waals surface area contributed by atoms with Crippen molar-refractivity contribution in [3.63, 3.8) is 0 Å². The lowest BCUT2D eigenvalue weighted by Gasteiger charge is -2.05. The number of hydrogen-bond donors (Lipinski definition) is 1. The predicted molar refractivity (Wildman–Crippen MR) is 74.7 cm³/mol. The monoisotopic (exact) mass is 297 g/mol. The topological polar surface area (TPSA) is 88.0 Å². The third-order valence-electron chi connectivity index (χ3n) is 2.93. The van der Waals surface area contributed by atoms with Gasteiger partial charge in [-0.2, -0.15) is 10.2 Å². The van der Waals surface area contributed by atoms with E-state index in [2.05, 4.69) is 14.9 Å². The van der Waals surface area contributed by atoms with Gasteiger partial charge in [0, 0.05) is 12.7 Å². The molecule has 0 saturated carbocycles. The zero-order valence-corrected chi connectivity index (χ0v) is 12.3. The number of halogens is 1. The van der Waals surface area contributed by atoms with E-state index in [1.165, 1.54) is 7.11 Å². The van der Waals surface area contributed by atoms with E-state index in [9.17, 15) is 4.79 Å². The maximum atomic E-state index is 11.5. The van der Waals surface area contributed by atoms with Crippen LogP contribution in [0.4, 0.5) is 5.69 Å². The molecule has 2 aromatic heterocycles. The van der Waals surface area contributed by atoms with Gasteiger partial charge in [0.25, 0.3) is 0 Å². The van der Waals surface area contributed by atoms with E-state index >= 15 is 0 Å². The van der Waals surface area contributed by atoms with Gasteiger partial charge in [0.15, 0.2) is 5.69 Å². The normalized spacial score (nSPS) is 10.8. The van der Waals surface area contributed by atoms with Crippen LogP contribution in [0.1, 0.15) is 28.8 Å². The van der Waals surface area contributed by atoms with Crippen molar-refractivity contribution in [1.82, 2.24) is 19.6 Å². The lowest BCUT2D eigenvalue weighted by molar-refractivity contribution is 0.0594. The van der Waals surface area contributed by atoms with E-state index in [4.69, 9.17) is 17.3 Å². The molecular formula is C12H16ClN5O2. The minimum atomic E-state index is -0.562. The van der Waals surface area contributed by atoms with Gasteiger partial charge in [-0.15, -0.1) is 0 Å². The van der Waals surface area contributed by atoms with Crippen LogP contribution in [0, 0.1) is 6.92 Å². The first-order valence-electron chi connectivity index (χ1n) is 6.10. The Bertz CT molecular complexity index is 647. The quantitative estimate of drug-likeness (QED) is 0.864. The van der Waals surface area contributed by atoms with Crippen molar-refractivity contribution in [3.8, 4) is 0 Å². The SMILES string of the molecule is CCn1nc(C)c(Cl)c1Cn1cc(N)c(C(=O)OC)n1. The standard InChI is InChI=1S/C12H16ClN5O2/c1-4-18-9(10(13)7(2)15-18)6-17-5-8(14)11(16-17)12(19)20-3/h5H,4,6,14H2,1-3H3. The van der Waals surface area contributed by atoms with Crippen LogP contribution in [0.5, 0.6) is 0 Å². The van der Waals surface area contributed by atoms with Crippen molar-refractivity contribution in [2.24, 2.45) is 0 Å². The third-order valence-corrected chi connectivity index (χ3v) is 3.42. The Morgan fingerprint density at radius 1 is 1.50 bits per heavy atom. The predicted octanol–water partition coefficient (Wildman–Crippen LogP) is 1.48. The summed E-state index contributed by atoms with van der Waals surface area (Å²) in [6.07, 6.45) is 1.57. The molecule has 2 heterocycles. The van der Waals surface area contributed by atoms with E-state index in [0.717, 1.165) is 11.4 Å². The van der Waals surface area contributed by atoms with E-state index < -0.39 is 5.97 Å². The van der Waals surface area contributed by atoms with Crippen LogP contribution < -0.4 is 5.73 Å². The molecule has 0 unspecified atom stereocenters. The molecule has 0 aliphatic rings. The van der Waals surface area contributed by atoms with Gasteiger partial charge in [-0.3, -0.25) is 9.36 Å². The highest BCUT2D eigenvalue weighted by molar-refractivity contribution is 6.31. The Morgan fingerprint density at radius 3 is 2.80 bits per heavy atom. The summed E-state index contributed by atoms with van der Waals surface area (Å²) in [5.74, 6) is -0.562. The molecule has 0 aliphatic carbocycles.